The quantitative estimate of drug-likeness (QED) is 0.781. The van der Waals surface area contributed by atoms with E-state index in [2.05, 4.69) is 26.1 Å². The molecule has 2 aliphatic rings. The molecule has 1 amide bonds. The van der Waals surface area contributed by atoms with Gasteiger partial charge in [-0.05, 0) is 40.9 Å². The molecule has 1 aromatic rings. The number of carbonyl (C=O) groups excluding carboxylic acids is 1. The van der Waals surface area contributed by atoms with Gasteiger partial charge in [0.05, 0.1) is 12.3 Å². The average Bonchev–Trinajstić information content (AvgIpc) is 3.17. The summed E-state index contributed by atoms with van der Waals surface area (Å²) in [6, 6.07) is 3.75. The summed E-state index contributed by atoms with van der Waals surface area (Å²) in [5, 5.41) is 12.0. The molecule has 4 N–H and O–H groups in total. The first-order valence-corrected chi connectivity index (χ1v) is 7.18. The van der Waals surface area contributed by atoms with Crippen molar-refractivity contribution in [2.75, 3.05) is 23.4 Å². The van der Waals surface area contributed by atoms with E-state index < -0.39 is 6.04 Å². The molecule has 5 nitrogen and oxygen atoms in total. The van der Waals surface area contributed by atoms with Crippen LogP contribution in [0.2, 0.25) is 0 Å². The van der Waals surface area contributed by atoms with Crippen LogP contribution in [0.3, 0.4) is 0 Å². The molecule has 1 aromatic carbocycles. The molecule has 0 aromatic heterocycles. The molecule has 19 heavy (non-hydrogen) atoms. The van der Waals surface area contributed by atoms with E-state index >= 15 is 0 Å². The number of anilines is 2. The Morgan fingerprint density at radius 1 is 1.47 bits per heavy atom. The van der Waals surface area contributed by atoms with E-state index in [9.17, 15) is 9.90 Å². The van der Waals surface area contributed by atoms with E-state index in [0.717, 1.165) is 34.3 Å². The van der Waals surface area contributed by atoms with Crippen molar-refractivity contribution in [3.63, 3.8) is 0 Å². The summed E-state index contributed by atoms with van der Waals surface area (Å²) < 4.78 is 0.915. The minimum Gasteiger partial charge on any atom is -0.395 e. The lowest BCUT2D eigenvalue weighted by atomic mass is 10.1. The summed E-state index contributed by atoms with van der Waals surface area (Å²) in [4.78, 5) is 13.8. The molecule has 1 aliphatic heterocycles. The normalized spacial score (nSPS) is 21.2. The van der Waals surface area contributed by atoms with Crippen LogP contribution in [0, 0.1) is 0 Å². The highest BCUT2D eigenvalue weighted by atomic mass is 79.9. The third kappa shape index (κ3) is 2.24. The monoisotopic (exact) mass is 325 g/mol. The Bertz CT molecular complexity index is 531. The van der Waals surface area contributed by atoms with Gasteiger partial charge in [0.1, 0.15) is 6.04 Å². The van der Waals surface area contributed by atoms with E-state index in [1.165, 1.54) is 0 Å². The van der Waals surface area contributed by atoms with Gasteiger partial charge in [-0.25, -0.2) is 0 Å². The number of carbonyl (C=O) groups is 1. The first kappa shape index (κ1) is 12.9. The molecule has 0 saturated heterocycles. The number of benzene rings is 1. The second-order valence-corrected chi connectivity index (χ2v) is 5.86. The van der Waals surface area contributed by atoms with E-state index in [-0.39, 0.29) is 12.5 Å². The molecule has 0 spiro atoms. The van der Waals surface area contributed by atoms with Gasteiger partial charge in [0.25, 0.3) is 0 Å². The van der Waals surface area contributed by atoms with Crippen molar-refractivity contribution in [3.8, 4) is 0 Å². The number of hydrogen-bond acceptors (Lipinski definition) is 4. The molecule has 1 aliphatic carbocycles. The summed E-state index contributed by atoms with van der Waals surface area (Å²) in [6.45, 7) is 0.716. The van der Waals surface area contributed by atoms with Crippen LogP contribution in [0.5, 0.6) is 0 Å². The summed E-state index contributed by atoms with van der Waals surface area (Å²) >= 11 is 3.55. The van der Waals surface area contributed by atoms with Crippen LogP contribution >= 0.6 is 15.9 Å². The van der Waals surface area contributed by atoms with Crippen LogP contribution in [0.15, 0.2) is 16.6 Å². The molecule has 1 heterocycles. The van der Waals surface area contributed by atoms with Crippen LogP contribution in [-0.2, 0) is 4.79 Å². The molecular weight excluding hydrogens is 310 g/mol. The second-order valence-electron chi connectivity index (χ2n) is 5.01. The molecule has 0 radical (unpaired) electrons. The predicted molar refractivity (Wildman–Crippen MR) is 77.2 cm³/mol. The first-order valence-electron chi connectivity index (χ1n) is 6.39. The number of aliphatic hydroxyl groups excluding tert-OH is 1. The lowest BCUT2D eigenvalue weighted by Gasteiger charge is -2.25. The minimum atomic E-state index is -0.590. The van der Waals surface area contributed by atoms with Crippen molar-refractivity contribution in [3.05, 3.63) is 22.2 Å². The molecule has 3 rings (SSSR count). The summed E-state index contributed by atoms with van der Waals surface area (Å²) in [7, 11) is 0. The number of amides is 1. The maximum absolute atomic E-state index is 11.6. The van der Waals surface area contributed by atoms with Crippen LogP contribution in [-0.4, -0.2) is 30.2 Å². The van der Waals surface area contributed by atoms with E-state index in [1.807, 2.05) is 12.1 Å². The molecule has 1 unspecified atom stereocenters. The third-order valence-corrected chi connectivity index (χ3v) is 4.27. The van der Waals surface area contributed by atoms with Gasteiger partial charge < -0.3 is 21.1 Å². The lowest BCUT2D eigenvalue weighted by Crippen LogP contribution is -2.29. The number of hydrogen-bond donors (Lipinski definition) is 3. The summed E-state index contributed by atoms with van der Waals surface area (Å²) in [5.41, 5.74) is 8.43. The molecule has 1 atom stereocenters. The van der Waals surface area contributed by atoms with Gasteiger partial charge in [-0.1, -0.05) is 0 Å². The van der Waals surface area contributed by atoms with Gasteiger partial charge >= 0.3 is 0 Å². The molecular formula is C13H16BrN3O2. The topological polar surface area (TPSA) is 78.6 Å². The lowest BCUT2D eigenvalue weighted by molar-refractivity contribution is -0.116. The zero-order chi connectivity index (χ0) is 13.6. The largest absolute Gasteiger partial charge is 0.395 e. The molecule has 102 valence electrons. The van der Waals surface area contributed by atoms with E-state index in [4.69, 9.17) is 5.73 Å². The molecule has 1 fully saturated rings. The van der Waals surface area contributed by atoms with Gasteiger partial charge in [0.15, 0.2) is 0 Å². The predicted octanol–water partition coefficient (Wildman–Crippen LogP) is 1.36. The Morgan fingerprint density at radius 2 is 2.21 bits per heavy atom. The molecule has 0 bridgehead atoms. The highest BCUT2D eigenvalue weighted by Gasteiger charge is 2.33. The number of aliphatic hydroxyl groups is 1. The van der Waals surface area contributed by atoms with Crippen LogP contribution < -0.4 is 16.0 Å². The molecule has 1 saturated carbocycles. The van der Waals surface area contributed by atoms with Gasteiger partial charge in [0.2, 0.25) is 5.91 Å². The average molecular weight is 326 g/mol. The standard InChI is InChI=1S/C13H16BrN3O2/c14-9-5-8-10(16-13(19)12(8)15)6-11(9)17(3-4-18)7-1-2-7/h5-7,12,18H,1-4,15H2,(H,16,19). The Balaban J connectivity index is 1.99. The number of fused-ring (bicyclic) bond motifs is 1. The molecule has 6 heteroatoms. The zero-order valence-electron chi connectivity index (χ0n) is 10.4. The van der Waals surface area contributed by atoms with E-state index in [0.29, 0.717) is 12.6 Å². The van der Waals surface area contributed by atoms with E-state index in [1.54, 1.807) is 0 Å². The number of nitrogens with one attached hydrogen (secondary N) is 1. The van der Waals surface area contributed by atoms with Crippen molar-refractivity contribution in [2.45, 2.75) is 24.9 Å². The maximum atomic E-state index is 11.6. The van der Waals surface area contributed by atoms with Crippen molar-refractivity contribution in [2.24, 2.45) is 5.73 Å². The third-order valence-electron chi connectivity index (χ3n) is 3.63. The van der Waals surface area contributed by atoms with Crippen LogP contribution in [0.25, 0.3) is 0 Å². The van der Waals surface area contributed by atoms with Crippen molar-refractivity contribution < 1.29 is 9.90 Å². The minimum absolute atomic E-state index is 0.117. The number of nitrogens with zero attached hydrogens (tertiary/aromatic N) is 1. The van der Waals surface area contributed by atoms with Crippen LogP contribution in [0.4, 0.5) is 11.4 Å². The smallest absolute Gasteiger partial charge is 0.245 e. The highest BCUT2D eigenvalue weighted by molar-refractivity contribution is 9.10. The Kier molecular flexibility index (Phi) is 3.24. The number of halogens is 1. The summed E-state index contributed by atoms with van der Waals surface area (Å²) in [5.74, 6) is -0.167. The number of nitrogens with two attached hydrogens (primary N) is 1. The highest BCUT2D eigenvalue weighted by Crippen LogP contribution is 2.41. The summed E-state index contributed by atoms with van der Waals surface area (Å²) in [6.07, 6.45) is 2.30. The Hall–Kier alpha value is -1.11. The first-order chi connectivity index (χ1) is 9.11. The fraction of sp³-hybridized carbons (Fsp3) is 0.462. The van der Waals surface area contributed by atoms with Gasteiger partial charge in [-0.2, -0.15) is 0 Å². The van der Waals surface area contributed by atoms with Crippen molar-refractivity contribution in [1.82, 2.24) is 0 Å². The SMILES string of the molecule is NC1C(=O)Nc2cc(N(CCO)C3CC3)c(Br)cc21. The van der Waals surface area contributed by atoms with Gasteiger partial charge in [0, 0.05) is 28.3 Å². The Labute approximate surface area is 119 Å². The fourth-order valence-electron chi connectivity index (χ4n) is 2.51. The van der Waals surface area contributed by atoms with Crippen molar-refractivity contribution >= 4 is 33.2 Å². The van der Waals surface area contributed by atoms with Crippen molar-refractivity contribution in [1.29, 1.82) is 0 Å². The van der Waals surface area contributed by atoms with Gasteiger partial charge in [-0.15, -0.1) is 0 Å². The number of rotatable bonds is 4. The second kappa shape index (κ2) is 4.77. The maximum Gasteiger partial charge on any atom is 0.245 e. The van der Waals surface area contributed by atoms with Crippen LogP contribution in [0.1, 0.15) is 24.4 Å². The fourth-order valence-corrected chi connectivity index (χ4v) is 3.10. The zero-order valence-corrected chi connectivity index (χ0v) is 12.0. The van der Waals surface area contributed by atoms with Gasteiger partial charge in [-0.3, -0.25) is 4.79 Å². The Morgan fingerprint density at radius 3 is 2.84 bits per heavy atom.